The molecule has 19 heavy (non-hydrogen) atoms. The molecule has 0 radical (unpaired) electrons. The first-order chi connectivity index (χ1) is 9.16. The molecule has 3 nitrogen and oxygen atoms in total. The number of aromatic nitrogens is 1. The van der Waals surface area contributed by atoms with E-state index in [0.29, 0.717) is 18.7 Å². The molecule has 1 unspecified atom stereocenters. The van der Waals surface area contributed by atoms with E-state index in [4.69, 9.17) is 0 Å². The summed E-state index contributed by atoms with van der Waals surface area (Å²) in [5, 5.41) is 13.1. The van der Waals surface area contributed by atoms with E-state index in [-0.39, 0.29) is 5.82 Å². The van der Waals surface area contributed by atoms with Gasteiger partial charge >= 0.3 is 0 Å². The molecule has 0 aliphatic heterocycles. The molecule has 0 bridgehead atoms. The Labute approximate surface area is 112 Å². The van der Waals surface area contributed by atoms with Crippen molar-refractivity contribution in [2.45, 2.75) is 19.6 Å². The lowest BCUT2D eigenvalue weighted by Crippen LogP contribution is -2.21. The predicted molar refractivity (Wildman–Crippen MR) is 72.0 cm³/mol. The van der Waals surface area contributed by atoms with Crippen molar-refractivity contribution < 1.29 is 9.50 Å². The first kappa shape index (κ1) is 13.6. The van der Waals surface area contributed by atoms with Gasteiger partial charge in [0, 0.05) is 25.5 Å². The Kier molecular flexibility index (Phi) is 4.60. The van der Waals surface area contributed by atoms with Crippen LogP contribution in [-0.2, 0) is 6.54 Å². The number of hydrogen-bond donors (Lipinski definition) is 2. The Balaban J connectivity index is 1.86. The van der Waals surface area contributed by atoms with Crippen molar-refractivity contribution >= 4 is 0 Å². The van der Waals surface area contributed by atoms with Crippen LogP contribution >= 0.6 is 0 Å². The summed E-state index contributed by atoms with van der Waals surface area (Å²) in [4.78, 5) is 4.03. The number of aliphatic hydroxyl groups is 1. The summed E-state index contributed by atoms with van der Waals surface area (Å²) in [6, 6.07) is 7.85. The lowest BCUT2D eigenvalue weighted by molar-refractivity contribution is 0.174. The van der Waals surface area contributed by atoms with Gasteiger partial charge in [-0.1, -0.05) is 12.1 Å². The minimum absolute atomic E-state index is 0.295. The number of nitrogens with one attached hydrogen (secondary N) is 1. The summed E-state index contributed by atoms with van der Waals surface area (Å²) in [6.07, 6.45) is 2.93. The molecule has 100 valence electrons. The zero-order valence-corrected chi connectivity index (χ0v) is 10.8. The van der Waals surface area contributed by atoms with Crippen molar-refractivity contribution in [1.82, 2.24) is 10.3 Å². The molecule has 0 aliphatic rings. The van der Waals surface area contributed by atoms with Gasteiger partial charge in [-0.05, 0) is 41.8 Å². The highest BCUT2D eigenvalue weighted by Gasteiger charge is 2.07. The Morgan fingerprint density at radius 1 is 1.26 bits per heavy atom. The normalized spacial score (nSPS) is 12.4. The molecule has 1 aromatic heterocycles. The molecule has 4 heteroatoms. The maximum absolute atomic E-state index is 12.8. The highest BCUT2D eigenvalue weighted by molar-refractivity contribution is 5.21. The summed E-state index contributed by atoms with van der Waals surface area (Å²) in [7, 11) is 0. The van der Waals surface area contributed by atoms with Crippen LogP contribution in [0.4, 0.5) is 4.39 Å². The van der Waals surface area contributed by atoms with E-state index < -0.39 is 6.10 Å². The van der Waals surface area contributed by atoms with Crippen LogP contribution in [0.5, 0.6) is 0 Å². The number of benzene rings is 1. The van der Waals surface area contributed by atoms with E-state index in [0.717, 1.165) is 11.1 Å². The van der Waals surface area contributed by atoms with Gasteiger partial charge in [-0.3, -0.25) is 4.98 Å². The van der Waals surface area contributed by atoms with E-state index in [2.05, 4.69) is 10.3 Å². The van der Waals surface area contributed by atoms with Crippen LogP contribution in [0.15, 0.2) is 42.7 Å². The molecule has 0 spiro atoms. The quantitative estimate of drug-likeness (QED) is 0.867. The molecular formula is C15H17FN2O. The van der Waals surface area contributed by atoms with E-state index >= 15 is 0 Å². The van der Waals surface area contributed by atoms with Crippen LogP contribution in [0, 0.1) is 12.7 Å². The Hall–Kier alpha value is -1.78. The molecule has 0 saturated heterocycles. The zero-order chi connectivity index (χ0) is 13.7. The molecule has 2 rings (SSSR count). The summed E-state index contributed by atoms with van der Waals surface area (Å²) in [5.74, 6) is -0.295. The number of rotatable bonds is 5. The molecule has 2 N–H and O–H groups in total. The number of halogens is 1. The van der Waals surface area contributed by atoms with Gasteiger partial charge in [0.2, 0.25) is 0 Å². The van der Waals surface area contributed by atoms with E-state index in [1.165, 1.54) is 12.1 Å². The van der Waals surface area contributed by atoms with Crippen molar-refractivity contribution in [3.05, 3.63) is 65.2 Å². The van der Waals surface area contributed by atoms with Crippen LogP contribution in [0.1, 0.15) is 22.8 Å². The second-order valence-electron chi connectivity index (χ2n) is 4.50. The Bertz CT molecular complexity index is 528. The van der Waals surface area contributed by atoms with Gasteiger partial charge in [-0.2, -0.15) is 0 Å². The van der Waals surface area contributed by atoms with Gasteiger partial charge in [-0.15, -0.1) is 0 Å². The Morgan fingerprint density at radius 2 is 2.00 bits per heavy atom. The van der Waals surface area contributed by atoms with E-state index in [9.17, 15) is 9.50 Å². The van der Waals surface area contributed by atoms with Crippen LogP contribution < -0.4 is 5.32 Å². The number of nitrogens with zero attached hydrogens (tertiary/aromatic N) is 1. The maximum Gasteiger partial charge on any atom is 0.123 e. The topological polar surface area (TPSA) is 45.2 Å². The molecule has 0 fully saturated rings. The first-order valence-corrected chi connectivity index (χ1v) is 6.20. The van der Waals surface area contributed by atoms with Crippen molar-refractivity contribution in [3.8, 4) is 0 Å². The smallest absolute Gasteiger partial charge is 0.123 e. The van der Waals surface area contributed by atoms with Crippen LogP contribution in [0.3, 0.4) is 0 Å². The van der Waals surface area contributed by atoms with Crippen molar-refractivity contribution in [1.29, 1.82) is 0 Å². The molecule has 1 atom stereocenters. The number of aliphatic hydroxyl groups excluding tert-OH is 1. The third kappa shape index (κ3) is 3.84. The zero-order valence-electron chi connectivity index (χ0n) is 10.8. The van der Waals surface area contributed by atoms with Crippen molar-refractivity contribution in [2.24, 2.45) is 0 Å². The lowest BCUT2D eigenvalue weighted by atomic mass is 10.1. The van der Waals surface area contributed by atoms with E-state index in [1.54, 1.807) is 18.3 Å². The summed E-state index contributed by atoms with van der Waals surface area (Å²) >= 11 is 0. The Morgan fingerprint density at radius 3 is 2.68 bits per heavy atom. The maximum atomic E-state index is 12.8. The molecule has 0 saturated carbocycles. The molecule has 1 heterocycles. The predicted octanol–water partition coefficient (Wildman–Crippen LogP) is 2.35. The van der Waals surface area contributed by atoms with Gasteiger partial charge in [0.1, 0.15) is 5.82 Å². The third-order valence-electron chi connectivity index (χ3n) is 3.04. The lowest BCUT2D eigenvalue weighted by Gasteiger charge is -2.13. The van der Waals surface area contributed by atoms with Crippen LogP contribution in [-0.4, -0.2) is 16.6 Å². The SMILES string of the molecule is Cc1cnccc1CNCC(O)c1ccc(F)cc1. The van der Waals surface area contributed by atoms with E-state index in [1.807, 2.05) is 19.2 Å². The standard InChI is InChI=1S/C15H17FN2O/c1-11-8-17-7-6-13(11)9-18-10-15(19)12-2-4-14(16)5-3-12/h2-8,15,18-19H,9-10H2,1H3. The largest absolute Gasteiger partial charge is 0.387 e. The van der Waals surface area contributed by atoms with Gasteiger partial charge in [0.15, 0.2) is 0 Å². The van der Waals surface area contributed by atoms with Crippen molar-refractivity contribution in [2.75, 3.05) is 6.54 Å². The fourth-order valence-electron chi connectivity index (χ4n) is 1.85. The van der Waals surface area contributed by atoms with Crippen molar-refractivity contribution in [3.63, 3.8) is 0 Å². The van der Waals surface area contributed by atoms with Gasteiger partial charge in [-0.25, -0.2) is 4.39 Å². The molecular weight excluding hydrogens is 243 g/mol. The monoisotopic (exact) mass is 260 g/mol. The fourth-order valence-corrected chi connectivity index (χ4v) is 1.85. The third-order valence-corrected chi connectivity index (χ3v) is 3.04. The minimum Gasteiger partial charge on any atom is -0.387 e. The molecule has 0 amide bonds. The minimum atomic E-state index is -0.636. The van der Waals surface area contributed by atoms with Gasteiger partial charge in [0.05, 0.1) is 6.10 Å². The first-order valence-electron chi connectivity index (χ1n) is 6.20. The summed E-state index contributed by atoms with van der Waals surface area (Å²) in [5.41, 5.74) is 2.98. The highest BCUT2D eigenvalue weighted by Crippen LogP contribution is 2.13. The average Bonchev–Trinajstić information content (AvgIpc) is 2.41. The van der Waals surface area contributed by atoms with Gasteiger partial charge < -0.3 is 10.4 Å². The van der Waals surface area contributed by atoms with Crippen LogP contribution in [0.25, 0.3) is 0 Å². The fraction of sp³-hybridized carbons (Fsp3) is 0.267. The molecule has 0 aliphatic carbocycles. The average molecular weight is 260 g/mol. The van der Waals surface area contributed by atoms with Gasteiger partial charge in [0.25, 0.3) is 0 Å². The number of aryl methyl sites for hydroxylation is 1. The number of pyridine rings is 1. The summed E-state index contributed by atoms with van der Waals surface area (Å²) in [6.45, 7) is 3.10. The second kappa shape index (κ2) is 6.41. The molecule has 1 aromatic carbocycles. The number of hydrogen-bond acceptors (Lipinski definition) is 3. The molecule has 2 aromatic rings. The second-order valence-corrected chi connectivity index (χ2v) is 4.50. The highest BCUT2D eigenvalue weighted by atomic mass is 19.1. The van der Waals surface area contributed by atoms with Crippen LogP contribution in [0.2, 0.25) is 0 Å². The summed E-state index contributed by atoms with van der Waals surface area (Å²) < 4.78 is 12.8.